The van der Waals surface area contributed by atoms with Gasteiger partial charge in [0.05, 0.1) is 31.2 Å². The van der Waals surface area contributed by atoms with Gasteiger partial charge >= 0.3 is 0 Å². The van der Waals surface area contributed by atoms with Crippen LogP contribution in [-0.4, -0.2) is 49.7 Å². The third kappa shape index (κ3) is 3.72. The zero-order valence-electron chi connectivity index (χ0n) is 12.8. The molecule has 0 amide bonds. The highest BCUT2D eigenvalue weighted by Gasteiger charge is 2.20. The first kappa shape index (κ1) is 16.0. The summed E-state index contributed by atoms with van der Waals surface area (Å²) in [7, 11) is 1.70. The van der Waals surface area contributed by atoms with E-state index in [9.17, 15) is 0 Å². The molecule has 1 saturated heterocycles. The molecule has 1 aromatic rings. The number of hydrogen-bond donors (Lipinski definition) is 2. The molecule has 1 fully saturated rings. The average Bonchev–Trinajstić information content (AvgIpc) is 2.50. The van der Waals surface area contributed by atoms with E-state index in [4.69, 9.17) is 26.8 Å². The molecule has 2 aliphatic heterocycles. The van der Waals surface area contributed by atoms with Gasteiger partial charge in [0.2, 0.25) is 0 Å². The van der Waals surface area contributed by atoms with Gasteiger partial charge in [0.15, 0.2) is 0 Å². The summed E-state index contributed by atoms with van der Waals surface area (Å²) in [6, 6.07) is 1.97. The van der Waals surface area contributed by atoms with Crippen LogP contribution in [0.2, 0.25) is 0 Å². The summed E-state index contributed by atoms with van der Waals surface area (Å²) in [6.07, 6.45) is 7.36. The van der Waals surface area contributed by atoms with Gasteiger partial charge in [-0.05, 0) is 18.2 Å². The SMILES string of the molecule is CN=CC(=C(N)COC1COC1)c1cnc2c(c1)NC(Cl)C=C2. The number of fused-ring (bicyclic) bond motifs is 1. The van der Waals surface area contributed by atoms with Gasteiger partial charge < -0.3 is 20.5 Å². The van der Waals surface area contributed by atoms with Crippen LogP contribution >= 0.6 is 11.6 Å². The lowest BCUT2D eigenvalue weighted by molar-refractivity contribution is -0.124. The second-order valence-corrected chi connectivity index (χ2v) is 5.83. The van der Waals surface area contributed by atoms with Crippen LogP contribution < -0.4 is 11.1 Å². The average molecular weight is 335 g/mol. The Balaban J connectivity index is 1.85. The van der Waals surface area contributed by atoms with E-state index < -0.39 is 0 Å². The Morgan fingerprint density at radius 2 is 2.43 bits per heavy atom. The Labute approximate surface area is 140 Å². The van der Waals surface area contributed by atoms with Crippen molar-refractivity contribution in [3.8, 4) is 0 Å². The molecule has 6 nitrogen and oxygen atoms in total. The Kier molecular flexibility index (Phi) is 4.95. The van der Waals surface area contributed by atoms with Crippen molar-refractivity contribution in [2.45, 2.75) is 11.6 Å². The van der Waals surface area contributed by atoms with Gasteiger partial charge in [0.25, 0.3) is 0 Å². The van der Waals surface area contributed by atoms with Crippen LogP contribution in [0.4, 0.5) is 5.69 Å². The number of aliphatic imine (C=N–C) groups is 1. The first-order valence-corrected chi connectivity index (χ1v) is 7.80. The van der Waals surface area contributed by atoms with Crippen molar-refractivity contribution in [2.24, 2.45) is 10.7 Å². The van der Waals surface area contributed by atoms with Crippen LogP contribution in [-0.2, 0) is 9.47 Å². The smallest absolute Gasteiger partial charge is 0.120 e. The molecule has 0 saturated carbocycles. The largest absolute Gasteiger partial charge is 0.400 e. The Morgan fingerprint density at radius 3 is 3.13 bits per heavy atom. The van der Waals surface area contributed by atoms with Crippen molar-refractivity contribution in [1.29, 1.82) is 0 Å². The van der Waals surface area contributed by atoms with E-state index in [1.165, 1.54) is 0 Å². The highest BCUT2D eigenvalue weighted by Crippen LogP contribution is 2.26. The molecule has 1 unspecified atom stereocenters. The fourth-order valence-electron chi connectivity index (χ4n) is 2.31. The number of halogens is 1. The van der Waals surface area contributed by atoms with Gasteiger partial charge in [-0.25, -0.2) is 0 Å². The summed E-state index contributed by atoms with van der Waals surface area (Å²) in [6.45, 7) is 1.58. The molecule has 2 aliphatic rings. The Morgan fingerprint density at radius 1 is 1.61 bits per heavy atom. The summed E-state index contributed by atoms with van der Waals surface area (Å²) < 4.78 is 10.8. The lowest BCUT2D eigenvalue weighted by atomic mass is 10.0. The quantitative estimate of drug-likeness (QED) is 0.488. The number of nitrogens with one attached hydrogen (secondary N) is 1. The third-order valence-corrected chi connectivity index (χ3v) is 3.89. The minimum absolute atomic E-state index is 0.124. The molecule has 0 aromatic carbocycles. The van der Waals surface area contributed by atoms with E-state index in [0.717, 1.165) is 22.5 Å². The van der Waals surface area contributed by atoms with Gasteiger partial charge in [0, 0.05) is 36.3 Å². The Bertz CT molecular complexity index is 668. The van der Waals surface area contributed by atoms with Crippen molar-refractivity contribution < 1.29 is 9.47 Å². The summed E-state index contributed by atoms with van der Waals surface area (Å²) in [5.74, 6) is 0. The number of aromatic nitrogens is 1. The monoisotopic (exact) mass is 334 g/mol. The van der Waals surface area contributed by atoms with E-state index in [1.807, 2.05) is 18.2 Å². The second kappa shape index (κ2) is 7.12. The number of allylic oxidation sites excluding steroid dienone is 1. The number of ether oxygens (including phenoxy) is 2. The van der Waals surface area contributed by atoms with Gasteiger partial charge in [-0.2, -0.15) is 0 Å². The number of nitrogens with zero attached hydrogens (tertiary/aromatic N) is 2. The molecular formula is C16H19ClN4O2. The van der Waals surface area contributed by atoms with Crippen LogP contribution in [0.25, 0.3) is 11.6 Å². The number of alkyl halides is 1. The van der Waals surface area contributed by atoms with Crippen molar-refractivity contribution in [3.63, 3.8) is 0 Å². The van der Waals surface area contributed by atoms with E-state index in [2.05, 4.69) is 15.3 Å². The molecule has 0 radical (unpaired) electrons. The highest BCUT2D eigenvalue weighted by atomic mass is 35.5. The van der Waals surface area contributed by atoms with Crippen LogP contribution in [0, 0.1) is 0 Å². The summed E-state index contributed by atoms with van der Waals surface area (Å²) >= 11 is 6.09. The minimum Gasteiger partial charge on any atom is -0.400 e. The molecule has 0 spiro atoms. The number of anilines is 1. The fraction of sp³-hybridized carbons (Fsp3) is 0.375. The van der Waals surface area contributed by atoms with Gasteiger partial charge in [-0.1, -0.05) is 11.6 Å². The van der Waals surface area contributed by atoms with Crippen LogP contribution in [0.5, 0.6) is 0 Å². The maximum absolute atomic E-state index is 6.20. The van der Waals surface area contributed by atoms with Crippen molar-refractivity contribution in [3.05, 3.63) is 35.3 Å². The standard InChI is InChI=1S/C16H19ClN4O2/c1-19-6-12(13(18)9-23-11-7-22-8-11)10-4-15-14(20-5-10)2-3-16(17)21-15/h2-6,11,16,21H,7-9,18H2,1H3. The van der Waals surface area contributed by atoms with Crippen LogP contribution in [0.1, 0.15) is 11.3 Å². The lowest BCUT2D eigenvalue weighted by Gasteiger charge is -2.26. The second-order valence-electron chi connectivity index (χ2n) is 5.36. The molecule has 23 heavy (non-hydrogen) atoms. The highest BCUT2D eigenvalue weighted by molar-refractivity contribution is 6.23. The van der Waals surface area contributed by atoms with Crippen LogP contribution in [0.3, 0.4) is 0 Å². The molecule has 0 aliphatic carbocycles. The predicted molar refractivity (Wildman–Crippen MR) is 92.6 cm³/mol. The predicted octanol–water partition coefficient (Wildman–Crippen LogP) is 1.87. The van der Waals surface area contributed by atoms with Gasteiger partial charge in [-0.15, -0.1) is 0 Å². The molecule has 122 valence electrons. The lowest BCUT2D eigenvalue weighted by Crippen LogP contribution is -2.37. The topological polar surface area (TPSA) is 81.8 Å². The first-order chi connectivity index (χ1) is 11.2. The van der Waals surface area contributed by atoms with E-state index in [1.54, 1.807) is 19.5 Å². The molecule has 1 aromatic heterocycles. The molecular weight excluding hydrogens is 316 g/mol. The van der Waals surface area contributed by atoms with Crippen molar-refractivity contribution in [1.82, 2.24) is 4.98 Å². The van der Waals surface area contributed by atoms with E-state index >= 15 is 0 Å². The first-order valence-electron chi connectivity index (χ1n) is 7.36. The number of nitrogens with two attached hydrogens (primary N) is 1. The number of hydrogen-bond acceptors (Lipinski definition) is 6. The van der Waals surface area contributed by atoms with Crippen molar-refractivity contribution >= 4 is 35.2 Å². The van der Waals surface area contributed by atoms with Crippen molar-refractivity contribution in [2.75, 3.05) is 32.2 Å². The van der Waals surface area contributed by atoms with Crippen LogP contribution in [0.15, 0.2) is 29.0 Å². The molecule has 3 heterocycles. The molecule has 7 heteroatoms. The maximum atomic E-state index is 6.20. The summed E-state index contributed by atoms with van der Waals surface area (Å²) in [5.41, 5.74) is 9.95. The number of rotatable bonds is 5. The zero-order valence-corrected chi connectivity index (χ0v) is 13.6. The third-order valence-electron chi connectivity index (χ3n) is 3.63. The maximum Gasteiger partial charge on any atom is 0.120 e. The van der Waals surface area contributed by atoms with Gasteiger partial charge in [0.1, 0.15) is 11.6 Å². The van der Waals surface area contributed by atoms with Gasteiger partial charge in [-0.3, -0.25) is 9.98 Å². The minimum atomic E-state index is -0.244. The Hall–Kier alpha value is -1.89. The van der Waals surface area contributed by atoms with E-state index in [-0.39, 0.29) is 11.6 Å². The molecule has 0 bridgehead atoms. The molecule has 1 atom stereocenters. The normalized spacial score (nSPS) is 21.6. The summed E-state index contributed by atoms with van der Waals surface area (Å²) in [5, 5.41) is 3.17. The molecule has 3 N–H and O–H groups in total. The fourth-order valence-corrected chi connectivity index (χ4v) is 2.50. The van der Waals surface area contributed by atoms with E-state index in [0.29, 0.717) is 25.5 Å². The zero-order chi connectivity index (χ0) is 16.2. The summed E-state index contributed by atoms with van der Waals surface area (Å²) in [4.78, 5) is 8.53. The number of pyridine rings is 1. The molecule has 3 rings (SSSR count).